The zero-order chi connectivity index (χ0) is 27.9. The van der Waals surface area contributed by atoms with E-state index in [1.165, 1.54) is 24.3 Å². The van der Waals surface area contributed by atoms with E-state index < -0.39 is 34.8 Å². The van der Waals surface area contributed by atoms with Crippen LogP contribution in [0.4, 0.5) is 28.9 Å². The van der Waals surface area contributed by atoms with Gasteiger partial charge in [-0.05, 0) is 83.9 Å². The molecule has 0 radical (unpaired) electrons. The molecule has 0 N–H and O–H groups in total. The third-order valence-corrected chi connectivity index (χ3v) is 5.62. The molecule has 198 valence electrons. The maximum Gasteiger partial charge on any atom is 0.208 e. The third kappa shape index (κ3) is 6.24. The van der Waals surface area contributed by atoms with Crippen molar-refractivity contribution in [2.24, 2.45) is 9.98 Å². The highest BCUT2D eigenvalue weighted by molar-refractivity contribution is 5.82. The van der Waals surface area contributed by atoms with Crippen molar-refractivity contribution < 1.29 is 27.0 Å². The van der Waals surface area contributed by atoms with Crippen LogP contribution in [-0.2, 0) is 0 Å². The summed E-state index contributed by atoms with van der Waals surface area (Å²) in [4.78, 5) is 8.61. The molecule has 0 bridgehead atoms. The first-order valence-electron chi connectivity index (χ1n) is 12.1. The number of aliphatic imine (C=N–C) groups is 2. The van der Waals surface area contributed by atoms with Gasteiger partial charge in [-0.1, -0.05) is 36.4 Å². The monoisotopic (exact) mass is 540 g/mol. The summed E-state index contributed by atoms with van der Waals surface area (Å²) < 4.78 is 69.4. The van der Waals surface area contributed by atoms with Gasteiger partial charge in [0.1, 0.15) is 11.5 Å². The highest BCUT2D eigenvalue weighted by atomic mass is 19.2. The Kier molecular flexibility index (Phi) is 7.97. The van der Waals surface area contributed by atoms with Crippen LogP contribution in [-0.4, -0.2) is 12.4 Å². The van der Waals surface area contributed by atoms with Gasteiger partial charge >= 0.3 is 0 Å². The number of benzene rings is 5. The first-order chi connectivity index (χ1) is 19.5. The van der Waals surface area contributed by atoms with Gasteiger partial charge in [0, 0.05) is 12.4 Å². The summed E-state index contributed by atoms with van der Waals surface area (Å²) in [6, 6.07) is 30.3. The Labute approximate surface area is 227 Å². The number of para-hydroxylation sites is 2. The Hall–Kier alpha value is -5.24. The molecule has 8 heteroatoms. The van der Waals surface area contributed by atoms with Crippen molar-refractivity contribution in [3.05, 3.63) is 144 Å². The Morgan fingerprint density at radius 1 is 0.425 bits per heavy atom. The zero-order valence-corrected chi connectivity index (χ0v) is 20.8. The van der Waals surface area contributed by atoms with E-state index in [0.717, 1.165) is 11.4 Å². The van der Waals surface area contributed by atoms with Gasteiger partial charge in [0.15, 0.2) is 0 Å². The van der Waals surface area contributed by atoms with Crippen LogP contribution < -0.4 is 9.47 Å². The molecule has 0 aliphatic rings. The topological polar surface area (TPSA) is 43.2 Å². The number of hydrogen-bond donors (Lipinski definition) is 0. The Bertz CT molecular complexity index is 1500. The van der Waals surface area contributed by atoms with Crippen LogP contribution in [0.1, 0.15) is 11.1 Å². The van der Waals surface area contributed by atoms with Crippen molar-refractivity contribution >= 4 is 23.8 Å². The molecule has 5 aromatic rings. The number of nitrogens with zero attached hydrogens (tertiary/aromatic N) is 2. The molecular weight excluding hydrogens is 520 g/mol. The predicted octanol–water partition coefficient (Wildman–Crippen LogP) is 9.33. The summed E-state index contributed by atoms with van der Waals surface area (Å²) >= 11 is 0. The number of rotatable bonds is 8. The van der Waals surface area contributed by atoms with Gasteiger partial charge in [-0.15, -0.1) is 0 Å². The molecule has 5 rings (SSSR count). The third-order valence-electron chi connectivity index (χ3n) is 5.62. The minimum Gasteiger partial charge on any atom is -0.451 e. The van der Waals surface area contributed by atoms with Crippen molar-refractivity contribution in [1.29, 1.82) is 0 Å². The summed E-state index contributed by atoms with van der Waals surface area (Å²) in [5.41, 5.74) is 2.84. The molecule has 0 heterocycles. The number of ether oxygens (including phenoxy) is 2. The number of halogens is 4. The fourth-order valence-electron chi connectivity index (χ4n) is 3.58. The lowest BCUT2D eigenvalue weighted by atomic mass is 10.2. The standard InChI is InChI=1S/C32H20F4N2O2/c33-27-29(35)32(40-26-17-13-22(14-18-26)20-38-24-9-5-2-6-10-24)30(36)28(34)31(27)39-25-15-11-21(12-16-25)19-37-23-7-3-1-4-8-23/h1-20H. The van der Waals surface area contributed by atoms with Crippen LogP contribution in [0, 0.1) is 23.3 Å². The van der Waals surface area contributed by atoms with Crippen LogP contribution in [0.3, 0.4) is 0 Å². The average molecular weight is 541 g/mol. The lowest BCUT2D eigenvalue weighted by Gasteiger charge is -2.13. The van der Waals surface area contributed by atoms with E-state index in [0.29, 0.717) is 11.1 Å². The maximum atomic E-state index is 14.8. The highest BCUT2D eigenvalue weighted by Crippen LogP contribution is 2.38. The van der Waals surface area contributed by atoms with Gasteiger partial charge in [-0.3, -0.25) is 9.98 Å². The average Bonchev–Trinajstić information content (AvgIpc) is 3.00. The molecule has 5 aromatic carbocycles. The molecular formula is C32H20F4N2O2. The first-order valence-corrected chi connectivity index (χ1v) is 12.1. The summed E-state index contributed by atoms with van der Waals surface area (Å²) in [5, 5.41) is 0. The fourth-order valence-corrected chi connectivity index (χ4v) is 3.58. The SMILES string of the molecule is Fc1c(F)c(Oc2ccc(C=Nc3ccccc3)cc2)c(F)c(F)c1Oc1ccc(C=Nc2ccccc2)cc1. The summed E-state index contributed by atoms with van der Waals surface area (Å²) in [5.74, 6) is -9.42. The van der Waals surface area contributed by atoms with Crippen molar-refractivity contribution in [1.82, 2.24) is 0 Å². The molecule has 0 saturated carbocycles. The highest BCUT2D eigenvalue weighted by Gasteiger charge is 2.29. The predicted molar refractivity (Wildman–Crippen MR) is 147 cm³/mol. The van der Waals surface area contributed by atoms with Crippen LogP contribution in [0.5, 0.6) is 23.0 Å². The molecule has 4 nitrogen and oxygen atoms in total. The van der Waals surface area contributed by atoms with E-state index in [9.17, 15) is 17.6 Å². The van der Waals surface area contributed by atoms with E-state index in [2.05, 4.69) is 9.98 Å². The minimum atomic E-state index is -1.73. The van der Waals surface area contributed by atoms with Crippen molar-refractivity contribution in [3.63, 3.8) is 0 Å². The summed E-state index contributed by atoms with van der Waals surface area (Å²) in [7, 11) is 0. The Morgan fingerprint density at radius 2 is 0.750 bits per heavy atom. The molecule has 0 aromatic heterocycles. The number of hydrogen-bond acceptors (Lipinski definition) is 4. The molecule has 0 amide bonds. The minimum absolute atomic E-state index is 0.0325. The molecule has 0 saturated heterocycles. The van der Waals surface area contributed by atoms with E-state index in [1.54, 1.807) is 36.7 Å². The molecule has 0 atom stereocenters. The van der Waals surface area contributed by atoms with Gasteiger partial charge in [0.25, 0.3) is 0 Å². The molecule has 0 fully saturated rings. The van der Waals surface area contributed by atoms with Crippen molar-refractivity contribution in [3.8, 4) is 23.0 Å². The van der Waals surface area contributed by atoms with Crippen LogP contribution in [0.15, 0.2) is 119 Å². The van der Waals surface area contributed by atoms with E-state index >= 15 is 0 Å². The second-order valence-corrected chi connectivity index (χ2v) is 8.44. The molecule has 40 heavy (non-hydrogen) atoms. The lowest BCUT2D eigenvalue weighted by Crippen LogP contribution is -2.04. The van der Waals surface area contributed by atoms with Crippen molar-refractivity contribution in [2.45, 2.75) is 0 Å². The first kappa shape index (κ1) is 26.4. The summed E-state index contributed by atoms with van der Waals surface area (Å²) in [6.45, 7) is 0. The van der Waals surface area contributed by atoms with E-state index in [1.807, 2.05) is 60.7 Å². The van der Waals surface area contributed by atoms with E-state index in [4.69, 9.17) is 9.47 Å². The van der Waals surface area contributed by atoms with Crippen LogP contribution >= 0.6 is 0 Å². The van der Waals surface area contributed by atoms with Crippen molar-refractivity contribution in [2.75, 3.05) is 0 Å². The van der Waals surface area contributed by atoms with Crippen LogP contribution in [0.2, 0.25) is 0 Å². The van der Waals surface area contributed by atoms with Gasteiger partial charge in [-0.25, -0.2) is 0 Å². The molecule has 0 aliphatic heterocycles. The lowest BCUT2D eigenvalue weighted by molar-refractivity contribution is 0.330. The fraction of sp³-hybridized carbons (Fsp3) is 0. The van der Waals surface area contributed by atoms with Gasteiger partial charge < -0.3 is 9.47 Å². The van der Waals surface area contributed by atoms with Gasteiger partial charge in [-0.2, -0.15) is 17.6 Å². The second-order valence-electron chi connectivity index (χ2n) is 8.44. The Balaban J connectivity index is 1.30. The van der Waals surface area contributed by atoms with Gasteiger partial charge in [0.2, 0.25) is 34.8 Å². The Morgan fingerprint density at radius 3 is 1.07 bits per heavy atom. The quantitative estimate of drug-likeness (QED) is 0.112. The molecule has 0 aliphatic carbocycles. The molecule has 0 unspecified atom stereocenters. The van der Waals surface area contributed by atoms with Crippen LogP contribution in [0.25, 0.3) is 0 Å². The normalized spacial score (nSPS) is 11.3. The smallest absolute Gasteiger partial charge is 0.208 e. The molecule has 0 spiro atoms. The zero-order valence-electron chi connectivity index (χ0n) is 20.8. The van der Waals surface area contributed by atoms with E-state index in [-0.39, 0.29) is 11.5 Å². The largest absolute Gasteiger partial charge is 0.451 e. The second kappa shape index (κ2) is 12.1. The maximum absolute atomic E-state index is 14.8. The van der Waals surface area contributed by atoms with Gasteiger partial charge in [0.05, 0.1) is 11.4 Å². The summed E-state index contributed by atoms with van der Waals surface area (Å²) in [6.07, 6.45) is 3.18.